The SMILES string of the molecule is CCc1ccc(NC2=C(Cl)C(=O)c3cnncc3C2=O)cc1. The summed E-state index contributed by atoms with van der Waals surface area (Å²) in [6, 6.07) is 7.58. The number of allylic oxidation sites excluding steroid dienone is 2. The van der Waals surface area contributed by atoms with Crippen LogP contribution < -0.4 is 5.32 Å². The summed E-state index contributed by atoms with van der Waals surface area (Å²) in [6.07, 6.45) is 3.46. The summed E-state index contributed by atoms with van der Waals surface area (Å²) in [6.45, 7) is 2.06. The number of anilines is 1. The van der Waals surface area contributed by atoms with E-state index in [1.165, 1.54) is 18.0 Å². The van der Waals surface area contributed by atoms with Crippen LogP contribution in [0.5, 0.6) is 0 Å². The molecule has 6 heteroatoms. The smallest absolute Gasteiger partial charge is 0.213 e. The van der Waals surface area contributed by atoms with Crippen molar-refractivity contribution in [1.29, 1.82) is 0 Å². The van der Waals surface area contributed by atoms with Gasteiger partial charge in [0.1, 0.15) is 10.7 Å². The first-order chi connectivity index (χ1) is 10.6. The minimum absolute atomic E-state index is 0.0661. The van der Waals surface area contributed by atoms with E-state index < -0.39 is 5.78 Å². The van der Waals surface area contributed by atoms with E-state index in [9.17, 15) is 9.59 Å². The molecule has 1 aromatic heterocycles. The highest BCUT2D eigenvalue weighted by molar-refractivity contribution is 6.50. The number of aryl methyl sites for hydroxylation is 1. The molecule has 1 aliphatic rings. The number of nitrogens with one attached hydrogen (secondary N) is 1. The molecular formula is C16H12ClN3O2. The molecule has 5 nitrogen and oxygen atoms in total. The van der Waals surface area contributed by atoms with Crippen LogP contribution in [0.2, 0.25) is 0 Å². The first kappa shape index (κ1) is 14.4. The molecule has 0 fully saturated rings. The largest absolute Gasteiger partial charge is 0.351 e. The second-order valence-electron chi connectivity index (χ2n) is 4.84. The Morgan fingerprint density at radius 2 is 1.59 bits per heavy atom. The molecular weight excluding hydrogens is 302 g/mol. The van der Waals surface area contributed by atoms with Crippen LogP contribution in [0.1, 0.15) is 33.2 Å². The predicted molar refractivity (Wildman–Crippen MR) is 83.0 cm³/mol. The van der Waals surface area contributed by atoms with E-state index in [1.807, 2.05) is 24.3 Å². The minimum atomic E-state index is -0.432. The maximum Gasteiger partial charge on any atom is 0.213 e. The summed E-state index contributed by atoms with van der Waals surface area (Å²) in [5, 5.41) is 10.1. The Morgan fingerprint density at radius 1 is 1.00 bits per heavy atom. The molecule has 0 saturated heterocycles. The Hall–Kier alpha value is -2.53. The number of benzene rings is 1. The number of ketones is 2. The van der Waals surface area contributed by atoms with Crippen LogP contribution in [0.4, 0.5) is 5.69 Å². The van der Waals surface area contributed by atoms with Crippen molar-refractivity contribution in [3.05, 3.63) is 64.1 Å². The van der Waals surface area contributed by atoms with Crippen molar-refractivity contribution < 1.29 is 9.59 Å². The quantitative estimate of drug-likeness (QED) is 0.943. The van der Waals surface area contributed by atoms with E-state index in [2.05, 4.69) is 22.4 Å². The van der Waals surface area contributed by atoms with Crippen molar-refractivity contribution in [2.75, 3.05) is 5.32 Å². The third kappa shape index (κ3) is 2.40. The van der Waals surface area contributed by atoms with Gasteiger partial charge in [0, 0.05) is 5.69 Å². The van der Waals surface area contributed by atoms with Crippen molar-refractivity contribution in [2.45, 2.75) is 13.3 Å². The van der Waals surface area contributed by atoms with Crippen molar-refractivity contribution in [1.82, 2.24) is 10.2 Å². The molecule has 0 aliphatic heterocycles. The predicted octanol–water partition coefficient (Wildman–Crippen LogP) is 2.98. The number of halogens is 1. The Morgan fingerprint density at radius 3 is 2.18 bits per heavy atom. The fourth-order valence-electron chi connectivity index (χ4n) is 2.23. The lowest BCUT2D eigenvalue weighted by Gasteiger charge is -2.18. The summed E-state index contributed by atoms with van der Waals surface area (Å²) < 4.78 is 0. The van der Waals surface area contributed by atoms with E-state index in [0.717, 1.165) is 6.42 Å². The average Bonchev–Trinajstić information content (AvgIpc) is 2.57. The summed E-state index contributed by atoms with van der Waals surface area (Å²) >= 11 is 6.06. The van der Waals surface area contributed by atoms with Gasteiger partial charge < -0.3 is 5.32 Å². The minimum Gasteiger partial charge on any atom is -0.351 e. The first-order valence-electron chi connectivity index (χ1n) is 6.77. The van der Waals surface area contributed by atoms with Crippen LogP contribution in [0.25, 0.3) is 0 Å². The van der Waals surface area contributed by atoms with E-state index in [1.54, 1.807) is 0 Å². The third-order valence-electron chi connectivity index (χ3n) is 3.50. The van der Waals surface area contributed by atoms with E-state index in [4.69, 9.17) is 11.6 Å². The number of hydrogen-bond acceptors (Lipinski definition) is 5. The van der Waals surface area contributed by atoms with Crippen LogP contribution in [0, 0.1) is 0 Å². The van der Waals surface area contributed by atoms with Crippen LogP contribution >= 0.6 is 11.6 Å². The van der Waals surface area contributed by atoms with Gasteiger partial charge in [-0.1, -0.05) is 30.7 Å². The lowest BCUT2D eigenvalue weighted by Crippen LogP contribution is -2.24. The highest BCUT2D eigenvalue weighted by Gasteiger charge is 2.32. The number of carbonyl (C=O) groups excluding carboxylic acids is 2. The van der Waals surface area contributed by atoms with Gasteiger partial charge in [-0.25, -0.2) is 0 Å². The lowest BCUT2D eigenvalue weighted by molar-refractivity contribution is 0.0981. The molecule has 22 heavy (non-hydrogen) atoms. The topological polar surface area (TPSA) is 72.0 Å². The number of Topliss-reactive ketones (excluding diaryl/α,β-unsaturated/α-hetero) is 2. The van der Waals surface area contributed by atoms with Crippen LogP contribution in [0.15, 0.2) is 47.4 Å². The normalized spacial score (nSPS) is 14.1. The highest BCUT2D eigenvalue weighted by atomic mass is 35.5. The molecule has 0 radical (unpaired) electrons. The molecule has 0 unspecified atom stereocenters. The second kappa shape index (κ2) is 5.69. The monoisotopic (exact) mass is 313 g/mol. The average molecular weight is 314 g/mol. The van der Waals surface area contributed by atoms with Gasteiger partial charge in [-0.15, -0.1) is 0 Å². The number of hydrogen-bond donors (Lipinski definition) is 1. The van der Waals surface area contributed by atoms with Gasteiger partial charge >= 0.3 is 0 Å². The number of rotatable bonds is 3. The maximum absolute atomic E-state index is 12.5. The number of nitrogens with zero attached hydrogens (tertiary/aromatic N) is 2. The molecule has 0 bridgehead atoms. The van der Waals surface area contributed by atoms with Gasteiger partial charge in [0.2, 0.25) is 11.6 Å². The molecule has 110 valence electrons. The van der Waals surface area contributed by atoms with E-state index in [0.29, 0.717) is 5.69 Å². The van der Waals surface area contributed by atoms with Crippen LogP contribution in [-0.4, -0.2) is 21.8 Å². The Bertz CT molecular complexity index is 797. The molecule has 0 atom stereocenters. The molecule has 1 N–H and O–H groups in total. The highest BCUT2D eigenvalue weighted by Crippen LogP contribution is 2.28. The fourth-order valence-corrected chi connectivity index (χ4v) is 2.46. The zero-order chi connectivity index (χ0) is 15.7. The number of aromatic nitrogens is 2. The van der Waals surface area contributed by atoms with Gasteiger partial charge in [-0.05, 0) is 24.1 Å². The Labute approximate surface area is 132 Å². The van der Waals surface area contributed by atoms with E-state index in [-0.39, 0.29) is 27.6 Å². The fraction of sp³-hybridized carbons (Fsp3) is 0.125. The molecule has 3 rings (SSSR count). The van der Waals surface area contributed by atoms with Gasteiger partial charge in [-0.3, -0.25) is 9.59 Å². The first-order valence-corrected chi connectivity index (χ1v) is 7.15. The summed E-state index contributed by atoms with van der Waals surface area (Å²) in [7, 11) is 0. The van der Waals surface area contributed by atoms with Crippen molar-refractivity contribution in [3.8, 4) is 0 Å². The van der Waals surface area contributed by atoms with Gasteiger partial charge in [0.05, 0.1) is 23.5 Å². The number of carbonyl (C=O) groups is 2. The third-order valence-corrected chi connectivity index (χ3v) is 3.86. The summed E-state index contributed by atoms with van der Waals surface area (Å²) in [4.78, 5) is 24.7. The summed E-state index contributed by atoms with van der Waals surface area (Å²) in [5.41, 5.74) is 2.32. The standard InChI is InChI=1S/C16H12ClN3O2/c1-2-9-3-5-10(6-4-9)20-14-13(17)15(21)11-7-18-19-8-12(11)16(14)22/h3-8,20H,2H2,1H3. The molecule has 1 heterocycles. The van der Waals surface area contributed by atoms with Crippen molar-refractivity contribution >= 4 is 28.9 Å². The molecule has 1 aromatic carbocycles. The maximum atomic E-state index is 12.5. The second-order valence-corrected chi connectivity index (χ2v) is 5.22. The zero-order valence-corrected chi connectivity index (χ0v) is 12.5. The molecule has 2 aromatic rings. The van der Waals surface area contributed by atoms with Gasteiger partial charge in [-0.2, -0.15) is 10.2 Å². The van der Waals surface area contributed by atoms with Gasteiger partial charge in [0.15, 0.2) is 0 Å². The molecule has 0 spiro atoms. The van der Waals surface area contributed by atoms with Crippen molar-refractivity contribution in [2.24, 2.45) is 0 Å². The summed E-state index contributed by atoms with van der Waals surface area (Å²) in [5.74, 6) is -0.798. The van der Waals surface area contributed by atoms with Gasteiger partial charge in [0.25, 0.3) is 0 Å². The number of fused-ring (bicyclic) bond motifs is 1. The zero-order valence-electron chi connectivity index (χ0n) is 11.8. The molecule has 1 aliphatic carbocycles. The molecule has 0 saturated carbocycles. The Kier molecular flexibility index (Phi) is 3.73. The van der Waals surface area contributed by atoms with Crippen LogP contribution in [0.3, 0.4) is 0 Å². The van der Waals surface area contributed by atoms with Crippen LogP contribution in [-0.2, 0) is 6.42 Å². The van der Waals surface area contributed by atoms with E-state index >= 15 is 0 Å². The van der Waals surface area contributed by atoms with Crippen molar-refractivity contribution in [3.63, 3.8) is 0 Å². The molecule has 0 amide bonds. The lowest BCUT2D eigenvalue weighted by atomic mass is 9.95. The Balaban J connectivity index is 1.97.